The summed E-state index contributed by atoms with van der Waals surface area (Å²) in [6.07, 6.45) is 2.27. The first-order valence-corrected chi connectivity index (χ1v) is 6.73. The number of hydrogen-bond donors (Lipinski definition) is 1. The third-order valence-corrected chi connectivity index (χ3v) is 3.23. The van der Waals surface area contributed by atoms with E-state index in [0.717, 1.165) is 38.6 Å². The molecule has 0 radical (unpaired) electrons. The molecule has 1 saturated heterocycles. The molecule has 1 fully saturated rings. The minimum atomic E-state index is 0.293. The Balaban J connectivity index is 2.08. The topological polar surface area (TPSA) is 37.4 Å². The van der Waals surface area contributed by atoms with Crippen LogP contribution in [0, 0.1) is 6.92 Å². The smallest absolute Gasteiger partial charge is 0.131 e. The Morgan fingerprint density at radius 2 is 2.39 bits per heavy atom. The zero-order valence-corrected chi connectivity index (χ0v) is 11.6. The molecular formula is C14H23N3O. The van der Waals surface area contributed by atoms with Crippen LogP contribution in [0.15, 0.2) is 12.3 Å². The predicted molar refractivity (Wildman–Crippen MR) is 74.0 cm³/mol. The molecule has 4 nitrogen and oxygen atoms in total. The molecule has 0 spiro atoms. The Bertz CT molecular complexity index is 395. The van der Waals surface area contributed by atoms with Crippen molar-refractivity contribution < 1.29 is 4.74 Å². The second-order valence-corrected chi connectivity index (χ2v) is 4.89. The zero-order chi connectivity index (χ0) is 13.0. The summed E-state index contributed by atoms with van der Waals surface area (Å²) in [5.74, 6) is 1.10. The van der Waals surface area contributed by atoms with Crippen LogP contribution < -0.4 is 10.2 Å². The molecule has 2 rings (SSSR count). The SMILES string of the molecule is CCNCc1cnc(N2CCOC(C)C2)c(C)c1. The summed E-state index contributed by atoms with van der Waals surface area (Å²) in [5.41, 5.74) is 2.50. The Kier molecular flexibility index (Phi) is 4.55. The van der Waals surface area contributed by atoms with Gasteiger partial charge >= 0.3 is 0 Å². The van der Waals surface area contributed by atoms with Crippen LogP contribution in [0.1, 0.15) is 25.0 Å². The lowest BCUT2D eigenvalue weighted by Gasteiger charge is -2.33. The van der Waals surface area contributed by atoms with Crippen molar-refractivity contribution >= 4 is 5.82 Å². The lowest BCUT2D eigenvalue weighted by atomic mass is 10.2. The van der Waals surface area contributed by atoms with E-state index in [1.54, 1.807) is 0 Å². The summed E-state index contributed by atoms with van der Waals surface area (Å²) in [7, 11) is 0. The minimum absolute atomic E-state index is 0.293. The summed E-state index contributed by atoms with van der Waals surface area (Å²) in [5, 5.41) is 3.32. The highest BCUT2D eigenvalue weighted by atomic mass is 16.5. The molecule has 1 N–H and O–H groups in total. The Labute approximate surface area is 109 Å². The van der Waals surface area contributed by atoms with E-state index in [1.165, 1.54) is 11.1 Å². The first-order valence-electron chi connectivity index (χ1n) is 6.73. The van der Waals surface area contributed by atoms with Gasteiger partial charge in [0.2, 0.25) is 0 Å². The molecule has 0 aromatic carbocycles. The molecule has 0 amide bonds. The van der Waals surface area contributed by atoms with Crippen molar-refractivity contribution in [2.45, 2.75) is 33.4 Å². The summed E-state index contributed by atoms with van der Waals surface area (Å²) < 4.78 is 5.57. The number of ether oxygens (including phenoxy) is 1. The number of aromatic nitrogens is 1. The largest absolute Gasteiger partial charge is 0.375 e. The molecule has 4 heteroatoms. The molecule has 1 atom stereocenters. The molecule has 100 valence electrons. The molecule has 0 bridgehead atoms. The van der Waals surface area contributed by atoms with Gasteiger partial charge in [0.1, 0.15) is 5.82 Å². The zero-order valence-electron chi connectivity index (χ0n) is 11.6. The number of morpholine rings is 1. The molecule has 2 heterocycles. The van der Waals surface area contributed by atoms with Gasteiger partial charge in [-0.1, -0.05) is 6.92 Å². The van der Waals surface area contributed by atoms with E-state index >= 15 is 0 Å². The van der Waals surface area contributed by atoms with Crippen molar-refractivity contribution in [3.05, 3.63) is 23.4 Å². The number of nitrogens with zero attached hydrogens (tertiary/aromatic N) is 2. The lowest BCUT2D eigenvalue weighted by molar-refractivity contribution is 0.0529. The normalized spacial score (nSPS) is 20.2. The highest BCUT2D eigenvalue weighted by Crippen LogP contribution is 2.20. The maximum absolute atomic E-state index is 5.57. The van der Waals surface area contributed by atoms with Gasteiger partial charge in [-0.25, -0.2) is 4.98 Å². The summed E-state index contributed by atoms with van der Waals surface area (Å²) in [6.45, 7) is 10.9. The third-order valence-electron chi connectivity index (χ3n) is 3.23. The van der Waals surface area contributed by atoms with E-state index in [0.29, 0.717) is 6.10 Å². The first kappa shape index (κ1) is 13.3. The molecule has 1 unspecified atom stereocenters. The van der Waals surface area contributed by atoms with Crippen LogP contribution in [0.3, 0.4) is 0 Å². The Morgan fingerprint density at radius 3 is 3.06 bits per heavy atom. The van der Waals surface area contributed by atoms with Crippen molar-refractivity contribution in [3.63, 3.8) is 0 Å². The van der Waals surface area contributed by atoms with Gasteiger partial charge in [-0.15, -0.1) is 0 Å². The average molecular weight is 249 g/mol. The highest BCUT2D eigenvalue weighted by molar-refractivity contribution is 5.47. The van der Waals surface area contributed by atoms with E-state index in [9.17, 15) is 0 Å². The summed E-state index contributed by atoms with van der Waals surface area (Å²) in [6, 6.07) is 2.23. The monoisotopic (exact) mass is 249 g/mol. The van der Waals surface area contributed by atoms with Gasteiger partial charge in [0, 0.05) is 25.8 Å². The van der Waals surface area contributed by atoms with Gasteiger partial charge in [-0.3, -0.25) is 0 Å². The molecule has 1 aliphatic rings. The standard InChI is InChI=1S/C14H23N3O/c1-4-15-8-13-7-11(2)14(16-9-13)17-5-6-18-12(3)10-17/h7,9,12,15H,4-6,8,10H2,1-3H3. The predicted octanol–water partition coefficient (Wildman–Crippen LogP) is 1.72. The van der Waals surface area contributed by atoms with Gasteiger partial charge in [0.15, 0.2) is 0 Å². The van der Waals surface area contributed by atoms with Crippen LogP contribution in [-0.2, 0) is 11.3 Å². The molecule has 0 aliphatic carbocycles. The van der Waals surface area contributed by atoms with E-state index in [-0.39, 0.29) is 0 Å². The molecule has 18 heavy (non-hydrogen) atoms. The fourth-order valence-electron chi connectivity index (χ4n) is 2.33. The molecule has 1 aromatic heterocycles. The number of rotatable bonds is 4. The van der Waals surface area contributed by atoms with Crippen molar-refractivity contribution in [1.29, 1.82) is 0 Å². The Morgan fingerprint density at radius 1 is 1.56 bits per heavy atom. The van der Waals surface area contributed by atoms with Crippen molar-refractivity contribution in [2.75, 3.05) is 31.1 Å². The first-order chi connectivity index (χ1) is 8.70. The maximum Gasteiger partial charge on any atom is 0.131 e. The van der Waals surface area contributed by atoms with Crippen LogP contribution in [0.25, 0.3) is 0 Å². The number of hydrogen-bond acceptors (Lipinski definition) is 4. The van der Waals surface area contributed by atoms with Gasteiger partial charge in [-0.05, 0) is 37.6 Å². The quantitative estimate of drug-likeness (QED) is 0.882. The van der Waals surface area contributed by atoms with Crippen LogP contribution >= 0.6 is 0 Å². The van der Waals surface area contributed by atoms with Gasteiger partial charge in [0.05, 0.1) is 12.7 Å². The molecule has 1 aliphatic heterocycles. The fourth-order valence-corrected chi connectivity index (χ4v) is 2.33. The van der Waals surface area contributed by atoms with Crippen LogP contribution in [0.5, 0.6) is 0 Å². The second kappa shape index (κ2) is 6.16. The third kappa shape index (κ3) is 3.21. The summed E-state index contributed by atoms with van der Waals surface area (Å²) in [4.78, 5) is 6.94. The maximum atomic E-state index is 5.57. The fraction of sp³-hybridized carbons (Fsp3) is 0.643. The number of aryl methyl sites for hydroxylation is 1. The van der Waals surface area contributed by atoms with Crippen LogP contribution in [0.4, 0.5) is 5.82 Å². The Hall–Kier alpha value is -1.13. The van der Waals surface area contributed by atoms with Gasteiger partial charge in [0.25, 0.3) is 0 Å². The van der Waals surface area contributed by atoms with Gasteiger partial charge < -0.3 is 15.0 Å². The minimum Gasteiger partial charge on any atom is -0.375 e. The van der Waals surface area contributed by atoms with E-state index in [1.807, 2.05) is 6.20 Å². The second-order valence-electron chi connectivity index (χ2n) is 4.89. The van der Waals surface area contributed by atoms with E-state index in [4.69, 9.17) is 4.74 Å². The lowest BCUT2D eigenvalue weighted by Crippen LogP contribution is -2.41. The molecule has 0 saturated carbocycles. The average Bonchev–Trinajstić information content (AvgIpc) is 2.36. The molecule has 1 aromatic rings. The van der Waals surface area contributed by atoms with Crippen molar-refractivity contribution in [3.8, 4) is 0 Å². The molecular weight excluding hydrogens is 226 g/mol. The van der Waals surface area contributed by atoms with Crippen LogP contribution in [0.2, 0.25) is 0 Å². The van der Waals surface area contributed by atoms with E-state index in [2.05, 4.69) is 42.0 Å². The summed E-state index contributed by atoms with van der Waals surface area (Å²) >= 11 is 0. The number of nitrogens with one attached hydrogen (secondary N) is 1. The van der Waals surface area contributed by atoms with E-state index < -0.39 is 0 Å². The number of anilines is 1. The van der Waals surface area contributed by atoms with Crippen LogP contribution in [-0.4, -0.2) is 37.3 Å². The van der Waals surface area contributed by atoms with Gasteiger partial charge in [-0.2, -0.15) is 0 Å². The van der Waals surface area contributed by atoms with Crippen molar-refractivity contribution in [2.24, 2.45) is 0 Å². The highest BCUT2D eigenvalue weighted by Gasteiger charge is 2.19. The number of pyridine rings is 1. The van der Waals surface area contributed by atoms with Crippen molar-refractivity contribution in [1.82, 2.24) is 10.3 Å².